The largest absolute Gasteiger partial charge is 0.379 e. The normalized spacial score (nSPS) is 28.9. The summed E-state index contributed by atoms with van der Waals surface area (Å²) >= 11 is 5.55. The summed E-state index contributed by atoms with van der Waals surface area (Å²) in [4.78, 5) is 3.28. The van der Waals surface area contributed by atoms with E-state index in [0.29, 0.717) is 0 Å². The minimum absolute atomic E-state index is 0.149. The van der Waals surface area contributed by atoms with E-state index >= 15 is 0 Å². The van der Waals surface area contributed by atoms with Crippen molar-refractivity contribution >= 4 is 17.2 Å². The molecule has 0 bridgehead atoms. The van der Waals surface area contributed by atoms with E-state index in [-0.39, 0.29) is 12.2 Å². The molecule has 0 aromatic heterocycles. The molecule has 19 heavy (non-hydrogen) atoms. The highest BCUT2D eigenvalue weighted by Crippen LogP contribution is 2.19. The fraction of sp³-hybridized carbons (Fsp3) is 0.500. The highest BCUT2D eigenvalue weighted by atomic mass is 32.1. The van der Waals surface area contributed by atoms with Crippen molar-refractivity contribution in [3.63, 3.8) is 0 Å². The molecule has 2 N–H and O–H groups in total. The summed E-state index contributed by atoms with van der Waals surface area (Å²) in [6.45, 7) is 4.38. The molecule has 1 aromatic carbocycles. The van der Waals surface area contributed by atoms with E-state index in [9.17, 15) is 0 Å². The Kier molecular flexibility index (Phi) is 4.08. The number of rotatable bonds is 2. The number of benzene rings is 1. The molecule has 5 heteroatoms. The van der Waals surface area contributed by atoms with E-state index in [2.05, 4.69) is 39.8 Å². The Bertz CT molecular complexity index is 434. The highest BCUT2D eigenvalue weighted by Gasteiger charge is 2.29. The predicted octanol–water partition coefficient (Wildman–Crippen LogP) is 0.906. The van der Waals surface area contributed by atoms with Gasteiger partial charge in [0, 0.05) is 25.6 Å². The third kappa shape index (κ3) is 2.95. The van der Waals surface area contributed by atoms with Crippen molar-refractivity contribution in [2.24, 2.45) is 0 Å². The third-order valence-corrected chi connectivity index (χ3v) is 4.13. The highest BCUT2D eigenvalue weighted by molar-refractivity contribution is 7.80. The number of hydrogen-bond donors (Lipinski definition) is 2. The molecule has 0 aliphatic carbocycles. The standard InChI is InChI=1S/C14H19N3OS/c19-13-12(11-4-2-1-3-5-11)10-15-14(16-13)17-6-8-18-9-7-17/h1-5,12,14-15H,6-10H2,(H,16,19). The summed E-state index contributed by atoms with van der Waals surface area (Å²) in [5.41, 5.74) is 1.27. The number of hydrogen-bond acceptors (Lipinski definition) is 4. The Morgan fingerprint density at radius 2 is 1.89 bits per heavy atom. The van der Waals surface area contributed by atoms with E-state index in [1.54, 1.807) is 0 Å². The van der Waals surface area contributed by atoms with Gasteiger partial charge in [0.05, 0.1) is 18.2 Å². The van der Waals surface area contributed by atoms with Crippen LogP contribution in [-0.4, -0.2) is 49.0 Å². The maximum absolute atomic E-state index is 5.55. The Balaban J connectivity index is 1.64. The van der Waals surface area contributed by atoms with Crippen molar-refractivity contribution in [3.8, 4) is 0 Å². The lowest BCUT2D eigenvalue weighted by molar-refractivity contribution is 0.00304. The average Bonchev–Trinajstić information content (AvgIpc) is 2.49. The quantitative estimate of drug-likeness (QED) is 0.786. The average molecular weight is 277 g/mol. The molecule has 0 amide bonds. The lowest BCUT2D eigenvalue weighted by Crippen LogP contribution is -2.64. The maximum atomic E-state index is 5.55. The summed E-state index contributed by atoms with van der Waals surface area (Å²) in [5, 5.41) is 6.96. The molecular weight excluding hydrogens is 258 g/mol. The fourth-order valence-corrected chi connectivity index (χ4v) is 2.95. The summed E-state index contributed by atoms with van der Waals surface area (Å²) in [6, 6.07) is 10.4. The first kappa shape index (κ1) is 13.0. The fourth-order valence-electron chi connectivity index (χ4n) is 2.62. The van der Waals surface area contributed by atoms with Crippen LogP contribution in [-0.2, 0) is 4.74 Å². The smallest absolute Gasteiger partial charge is 0.135 e. The van der Waals surface area contributed by atoms with Gasteiger partial charge in [-0.2, -0.15) is 0 Å². The first-order valence-corrected chi connectivity index (χ1v) is 7.16. The van der Waals surface area contributed by atoms with Gasteiger partial charge in [-0.25, -0.2) is 0 Å². The van der Waals surface area contributed by atoms with E-state index in [1.807, 2.05) is 6.07 Å². The topological polar surface area (TPSA) is 36.5 Å². The van der Waals surface area contributed by atoms with Crippen LogP contribution in [0.4, 0.5) is 0 Å². The predicted molar refractivity (Wildman–Crippen MR) is 79.1 cm³/mol. The number of nitrogens with zero attached hydrogens (tertiary/aromatic N) is 1. The first-order valence-electron chi connectivity index (χ1n) is 6.75. The Morgan fingerprint density at radius 3 is 2.58 bits per heavy atom. The molecule has 2 aliphatic rings. The molecule has 0 saturated carbocycles. The van der Waals surface area contributed by atoms with Crippen molar-refractivity contribution in [2.45, 2.75) is 12.2 Å². The number of ether oxygens (including phenoxy) is 1. The van der Waals surface area contributed by atoms with Gasteiger partial charge < -0.3 is 10.1 Å². The summed E-state index contributed by atoms with van der Waals surface area (Å²) in [5.74, 6) is 0.272. The Morgan fingerprint density at radius 1 is 1.16 bits per heavy atom. The molecule has 2 saturated heterocycles. The zero-order valence-corrected chi connectivity index (χ0v) is 11.7. The van der Waals surface area contributed by atoms with E-state index < -0.39 is 0 Å². The molecule has 102 valence electrons. The van der Waals surface area contributed by atoms with Crippen LogP contribution in [0.5, 0.6) is 0 Å². The van der Waals surface area contributed by atoms with Crippen molar-refractivity contribution < 1.29 is 4.74 Å². The molecule has 3 rings (SSSR count). The minimum atomic E-state index is 0.149. The van der Waals surface area contributed by atoms with Gasteiger partial charge in [0.2, 0.25) is 0 Å². The number of morpholine rings is 1. The number of nitrogens with one attached hydrogen (secondary N) is 2. The van der Waals surface area contributed by atoms with Crippen LogP contribution >= 0.6 is 12.2 Å². The summed E-state index contributed by atoms with van der Waals surface area (Å²) < 4.78 is 5.38. The lowest BCUT2D eigenvalue weighted by atomic mass is 9.97. The summed E-state index contributed by atoms with van der Waals surface area (Å²) in [7, 11) is 0. The van der Waals surface area contributed by atoms with E-state index in [1.165, 1.54) is 5.56 Å². The third-order valence-electron chi connectivity index (χ3n) is 3.72. The van der Waals surface area contributed by atoms with Crippen LogP contribution in [0.3, 0.4) is 0 Å². The summed E-state index contributed by atoms with van der Waals surface area (Å²) in [6.07, 6.45) is 0.149. The van der Waals surface area contributed by atoms with Crippen molar-refractivity contribution in [1.29, 1.82) is 0 Å². The van der Waals surface area contributed by atoms with Crippen LogP contribution in [0.15, 0.2) is 30.3 Å². The molecule has 2 aliphatic heterocycles. The van der Waals surface area contributed by atoms with Gasteiger partial charge >= 0.3 is 0 Å². The van der Waals surface area contributed by atoms with Gasteiger partial charge in [0.1, 0.15) is 6.29 Å². The van der Waals surface area contributed by atoms with Crippen molar-refractivity contribution in [3.05, 3.63) is 35.9 Å². The SMILES string of the molecule is S=C1NC(N2CCOCC2)NCC1c1ccccc1. The van der Waals surface area contributed by atoms with Gasteiger partial charge in [-0.15, -0.1) is 0 Å². The zero-order valence-electron chi connectivity index (χ0n) is 10.8. The van der Waals surface area contributed by atoms with E-state index in [4.69, 9.17) is 17.0 Å². The molecule has 2 atom stereocenters. The van der Waals surface area contributed by atoms with Gasteiger partial charge in [-0.3, -0.25) is 10.2 Å². The van der Waals surface area contributed by atoms with Crippen LogP contribution in [0.1, 0.15) is 11.5 Å². The number of thiocarbonyl (C=S) groups is 1. The maximum Gasteiger partial charge on any atom is 0.135 e. The second-order valence-electron chi connectivity index (χ2n) is 4.93. The van der Waals surface area contributed by atoms with Crippen LogP contribution in [0.25, 0.3) is 0 Å². The van der Waals surface area contributed by atoms with Crippen molar-refractivity contribution in [1.82, 2.24) is 15.5 Å². The van der Waals surface area contributed by atoms with Crippen molar-refractivity contribution in [2.75, 3.05) is 32.8 Å². The lowest BCUT2D eigenvalue weighted by Gasteiger charge is -2.40. The molecule has 2 fully saturated rings. The van der Waals surface area contributed by atoms with Gasteiger partial charge in [-0.1, -0.05) is 42.5 Å². The molecule has 4 nitrogen and oxygen atoms in total. The molecule has 2 heterocycles. The molecule has 0 spiro atoms. The zero-order chi connectivity index (χ0) is 13.1. The molecule has 1 aromatic rings. The second kappa shape index (κ2) is 5.96. The first-order chi connectivity index (χ1) is 9.34. The molecule has 0 radical (unpaired) electrons. The Labute approximate surface area is 119 Å². The van der Waals surface area contributed by atoms with Crippen LogP contribution in [0, 0.1) is 0 Å². The second-order valence-corrected chi connectivity index (χ2v) is 5.37. The minimum Gasteiger partial charge on any atom is -0.379 e. The van der Waals surface area contributed by atoms with Gasteiger partial charge in [0.25, 0.3) is 0 Å². The van der Waals surface area contributed by atoms with Crippen LogP contribution < -0.4 is 10.6 Å². The van der Waals surface area contributed by atoms with Crippen LogP contribution in [0.2, 0.25) is 0 Å². The molecular formula is C14H19N3OS. The van der Waals surface area contributed by atoms with Gasteiger partial charge in [0.15, 0.2) is 0 Å². The molecule has 2 unspecified atom stereocenters. The van der Waals surface area contributed by atoms with E-state index in [0.717, 1.165) is 37.8 Å². The Hall–Kier alpha value is -1.01. The van der Waals surface area contributed by atoms with Gasteiger partial charge in [-0.05, 0) is 5.56 Å². The monoisotopic (exact) mass is 277 g/mol.